The summed E-state index contributed by atoms with van der Waals surface area (Å²) < 4.78 is 17.8. The maximum Gasteiger partial charge on any atom is 0.167 e. The minimum atomic E-state index is -0.352. The molecule has 0 saturated heterocycles. The van der Waals surface area contributed by atoms with Gasteiger partial charge in [-0.15, -0.1) is 0 Å². The Hall–Kier alpha value is -1.68. The fourth-order valence-electron chi connectivity index (χ4n) is 3.33. The Morgan fingerprint density at radius 3 is 1.28 bits per heavy atom. The van der Waals surface area contributed by atoms with Crippen LogP contribution < -0.4 is 0 Å². The molecule has 2 aromatic rings. The van der Waals surface area contributed by atoms with Crippen LogP contribution in [0.25, 0.3) is 0 Å². The number of methoxy groups -OCH3 is 2. The molecule has 0 spiro atoms. The first-order valence-electron chi connectivity index (χ1n) is 9.06. The van der Waals surface area contributed by atoms with Gasteiger partial charge in [0.1, 0.15) is 0 Å². The van der Waals surface area contributed by atoms with Gasteiger partial charge in [-0.25, -0.2) is 0 Å². The molecular weight excluding hydrogens is 312 g/mol. The Morgan fingerprint density at radius 2 is 1.00 bits per heavy atom. The lowest BCUT2D eigenvalue weighted by Gasteiger charge is -2.32. The van der Waals surface area contributed by atoms with Crippen LogP contribution in [-0.4, -0.2) is 26.8 Å². The summed E-state index contributed by atoms with van der Waals surface area (Å²) in [6.07, 6.45) is 1.16. The van der Waals surface area contributed by atoms with E-state index < -0.39 is 0 Å². The number of ether oxygens (including phenoxy) is 3. The molecule has 136 valence electrons. The van der Waals surface area contributed by atoms with Gasteiger partial charge in [-0.3, -0.25) is 0 Å². The van der Waals surface area contributed by atoms with Gasteiger partial charge in [-0.05, 0) is 24.0 Å². The number of rotatable bonds is 10. The Kier molecular flexibility index (Phi) is 8.13. The van der Waals surface area contributed by atoms with E-state index in [9.17, 15) is 0 Å². The van der Waals surface area contributed by atoms with Crippen LogP contribution in [-0.2, 0) is 14.2 Å². The summed E-state index contributed by atoms with van der Waals surface area (Å²) in [6, 6.07) is 20.8. The number of hydrogen-bond acceptors (Lipinski definition) is 3. The van der Waals surface area contributed by atoms with E-state index in [0.717, 1.165) is 12.8 Å². The average molecular weight is 342 g/mol. The van der Waals surface area contributed by atoms with Gasteiger partial charge in [0.25, 0.3) is 0 Å². The molecule has 0 heterocycles. The zero-order chi connectivity index (χ0) is 18.1. The topological polar surface area (TPSA) is 27.7 Å². The first-order chi connectivity index (χ1) is 12.2. The van der Waals surface area contributed by atoms with Crippen molar-refractivity contribution in [1.29, 1.82) is 0 Å². The molecule has 0 amide bonds. The summed E-state index contributed by atoms with van der Waals surface area (Å²) in [5.74, 6) is 0.328. The summed E-state index contributed by atoms with van der Waals surface area (Å²) in [5, 5.41) is 0. The molecule has 0 aliphatic rings. The van der Waals surface area contributed by atoms with Gasteiger partial charge in [-0.1, -0.05) is 74.5 Å². The highest BCUT2D eigenvalue weighted by molar-refractivity contribution is 5.21. The Morgan fingerprint density at radius 1 is 0.640 bits per heavy atom. The van der Waals surface area contributed by atoms with Crippen LogP contribution in [0.1, 0.15) is 49.7 Å². The molecular formula is C22H30O3. The second-order valence-corrected chi connectivity index (χ2v) is 6.20. The first-order valence-corrected chi connectivity index (χ1v) is 9.06. The molecule has 0 fully saturated rings. The van der Waals surface area contributed by atoms with Crippen LogP contribution in [0.3, 0.4) is 0 Å². The highest BCUT2D eigenvalue weighted by Gasteiger charge is 2.30. The van der Waals surface area contributed by atoms with Crippen LogP contribution >= 0.6 is 0 Å². The lowest BCUT2D eigenvalue weighted by molar-refractivity contribution is -0.245. The van der Waals surface area contributed by atoms with Gasteiger partial charge in [0, 0.05) is 26.1 Å². The van der Waals surface area contributed by atoms with E-state index in [-0.39, 0.29) is 24.4 Å². The van der Waals surface area contributed by atoms with E-state index in [1.165, 1.54) is 11.1 Å². The van der Waals surface area contributed by atoms with E-state index in [2.05, 4.69) is 62.4 Å². The number of hydrogen-bond donors (Lipinski definition) is 0. The smallest absolute Gasteiger partial charge is 0.167 e. The van der Waals surface area contributed by atoms with Crippen LogP contribution in [0.2, 0.25) is 0 Å². The SMILES string of the molecule is CCC(c1ccccc1)C(OC)OC(OC)C(CC)c1ccccc1. The minimum Gasteiger partial charge on any atom is -0.355 e. The van der Waals surface area contributed by atoms with Gasteiger partial charge in [-0.2, -0.15) is 0 Å². The molecule has 0 aliphatic heterocycles. The van der Waals surface area contributed by atoms with Crippen molar-refractivity contribution in [3.05, 3.63) is 71.8 Å². The fourth-order valence-corrected chi connectivity index (χ4v) is 3.33. The van der Waals surface area contributed by atoms with Gasteiger partial charge in [0.05, 0.1) is 0 Å². The molecule has 0 radical (unpaired) electrons. The van der Waals surface area contributed by atoms with E-state index >= 15 is 0 Å². The molecule has 0 saturated carbocycles. The predicted octanol–water partition coefficient (Wildman–Crippen LogP) is 5.34. The largest absolute Gasteiger partial charge is 0.355 e. The second-order valence-electron chi connectivity index (χ2n) is 6.20. The molecule has 3 heteroatoms. The lowest BCUT2D eigenvalue weighted by Crippen LogP contribution is -2.34. The highest BCUT2D eigenvalue weighted by Crippen LogP contribution is 2.32. The molecule has 4 unspecified atom stereocenters. The fraction of sp³-hybridized carbons (Fsp3) is 0.455. The maximum absolute atomic E-state index is 6.32. The normalized spacial score (nSPS) is 16.2. The Bertz CT molecular complexity index is 531. The predicted molar refractivity (Wildman–Crippen MR) is 102 cm³/mol. The van der Waals surface area contributed by atoms with Gasteiger partial charge < -0.3 is 14.2 Å². The number of benzene rings is 2. The summed E-state index contributed by atoms with van der Waals surface area (Å²) >= 11 is 0. The monoisotopic (exact) mass is 342 g/mol. The highest BCUT2D eigenvalue weighted by atomic mass is 16.8. The average Bonchev–Trinajstić information content (AvgIpc) is 2.68. The Balaban J connectivity index is 2.19. The molecule has 0 bridgehead atoms. The zero-order valence-electron chi connectivity index (χ0n) is 15.7. The summed E-state index contributed by atoms with van der Waals surface area (Å²) in [5.41, 5.74) is 2.44. The molecule has 2 aromatic carbocycles. The van der Waals surface area contributed by atoms with Crippen LogP contribution in [0, 0.1) is 0 Å². The third-order valence-corrected chi connectivity index (χ3v) is 4.73. The Labute approximate surface area is 151 Å². The van der Waals surface area contributed by atoms with Crippen molar-refractivity contribution < 1.29 is 14.2 Å². The minimum absolute atomic E-state index is 0.164. The van der Waals surface area contributed by atoms with E-state index in [1.54, 1.807) is 14.2 Å². The zero-order valence-corrected chi connectivity index (χ0v) is 15.7. The lowest BCUT2D eigenvalue weighted by atomic mass is 9.94. The summed E-state index contributed by atoms with van der Waals surface area (Å²) in [6.45, 7) is 4.31. The molecule has 0 aromatic heterocycles. The van der Waals surface area contributed by atoms with Crippen LogP contribution in [0.4, 0.5) is 0 Å². The maximum atomic E-state index is 6.32. The standard InChI is InChI=1S/C22H30O3/c1-5-19(17-13-9-7-10-14-17)21(23-3)25-22(24-4)20(6-2)18-15-11-8-12-16-18/h7-16,19-22H,5-6H2,1-4H3. The molecule has 0 aliphatic carbocycles. The second kappa shape index (κ2) is 10.3. The first kappa shape index (κ1) is 19.6. The van der Waals surface area contributed by atoms with Gasteiger partial charge in [0.2, 0.25) is 0 Å². The van der Waals surface area contributed by atoms with Crippen molar-refractivity contribution in [1.82, 2.24) is 0 Å². The van der Waals surface area contributed by atoms with Gasteiger partial charge >= 0.3 is 0 Å². The molecule has 2 rings (SSSR count). The van der Waals surface area contributed by atoms with E-state index in [0.29, 0.717) is 0 Å². The van der Waals surface area contributed by atoms with E-state index in [1.807, 2.05) is 12.1 Å². The van der Waals surface area contributed by atoms with Crippen molar-refractivity contribution >= 4 is 0 Å². The van der Waals surface area contributed by atoms with Crippen LogP contribution in [0.15, 0.2) is 60.7 Å². The van der Waals surface area contributed by atoms with Crippen molar-refractivity contribution in [2.45, 2.75) is 51.1 Å². The molecule has 0 N–H and O–H groups in total. The van der Waals surface area contributed by atoms with Crippen molar-refractivity contribution in [2.24, 2.45) is 0 Å². The molecule has 4 atom stereocenters. The molecule has 25 heavy (non-hydrogen) atoms. The third kappa shape index (κ3) is 5.15. The summed E-state index contributed by atoms with van der Waals surface area (Å²) in [4.78, 5) is 0. The van der Waals surface area contributed by atoms with Crippen LogP contribution in [0.5, 0.6) is 0 Å². The summed E-state index contributed by atoms with van der Waals surface area (Å²) in [7, 11) is 3.40. The van der Waals surface area contributed by atoms with Gasteiger partial charge in [0.15, 0.2) is 12.6 Å². The quantitative estimate of drug-likeness (QED) is 0.546. The van der Waals surface area contributed by atoms with Crippen molar-refractivity contribution in [2.75, 3.05) is 14.2 Å². The van der Waals surface area contributed by atoms with Crippen molar-refractivity contribution in [3.63, 3.8) is 0 Å². The molecule has 3 nitrogen and oxygen atoms in total. The third-order valence-electron chi connectivity index (χ3n) is 4.73. The van der Waals surface area contributed by atoms with E-state index in [4.69, 9.17) is 14.2 Å². The van der Waals surface area contributed by atoms with Crippen molar-refractivity contribution in [3.8, 4) is 0 Å².